The average molecular weight is 645 g/mol. The van der Waals surface area contributed by atoms with Crippen molar-refractivity contribution in [3.05, 3.63) is 93.5 Å². The molecule has 0 aliphatic heterocycles. The van der Waals surface area contributed by atoms with Crippen molar-refractivity contribution in [1.82, 2.24) is 10.2 Å². The van der Waals surface area contributed by atoms with Gasteiger partial charge in [0.25, 0.3) is 10.0 Å². The van der Waals surface area contributed by atoms with Gasteiger partial charge in [0.05, 0.1) is 10.6 Å². The number of nitrogens with zero attached hydrogens (tertiary/aromatic N) is 2. The predicted molar refractivity (Wildman–Crippen MR) is 173 cm³/mol. The highest BCUT2D eigenvalue weighted by Crippen LogP contribution is 2.32. The summed E-state index contributed by atoms with van der Waals surface area (Å²) in [6.07, 6.45) is 5.39. The maximum atomic E-state index is 14.3. The third-order valence-corrected chi connectivity index (χ3v) is 10.6. The number of sulfonamides is 1. The van der Waals surface area contributed by atoms with E-state index in [0.717, 1.165) is 42.0 Å². The van der Waals surface area contributed by atoms with Gasteiger partial charge < -0.3 is 10.2 Å². The molecule has 43 heavy (non-hydrogen) atoms. The van der Waals surface area contributed by atoms with E-state index < -0.39 is 28.5 Å². The summed E-state index contributed by atoms with van der Waals surface area (Å²) in [5.41, 5.74) is 2.38. The lowest BCUT2D eigenvalue weighted by atomic mass is 9.95. The first-order valence-corrected chi connectivity index (χ1v) is 16.9. The van der Waals surface area contributed by atoms with E-state index in [1.165, 1.54) is 17.0 Å². The molecular formula is C33H39Cl2N3O4S. The van der Waals surface area contributed by atoms with Crippen LogP contribution in [-0.4, -0.2) is 43.8 Å². The van der Waals surface area contributed by atoms with Crippen LogP contribution in [0.2, 0.25) is 10.0 Å². The number of carbonyl (C=O) groups is 2. The minimum atomic E-state index is -4.19. The first-order chi connectivity index (χ1) is 20.5. The third kappa shape index (κ3) is 7.91. The third-order valence-electron chi connectivity index (χ3n) is 8.03. The van der Waals surface area contributed by atoms with Gasteiger partial charge in [0.15, 0.2) is 0 Å². The van der Waals surface area contributed by atoms with Crippen molar-refractivity contribution in [3.63, 3.8) is 0 Å². The molecule has 1 N–H and O–H groups in total. The molecule has 4 rings (SSSR count). The van der Waals surface area contributed by atoms with Crippen LogP contribution in [0.25, 0.3) is 0 Å². The number of hydrogen-bond acceptors (Lipinski definition) is 4. The number of hydrogen-bond donors (Lipinski definition) is 1. The summed E-state index contributed by atoms with van der Waals surface area (Å²) in [5, 5.41) is 3.98. The zero-order valence-corrected chi connectivity index (χ0v) is 27.2. The topological polar surface area (TPSA) is 86.8 Å². The molecule has 230 valence electrons. The smallest absolute Gasteiger partial charge is 0.264 e. The van der Waals surface area contributed by atoms with Crippen LogP contribution in [0.4, 0.5) is 5.69 Å². The maximum Gasteiger partial charge on any atom is 0.264 e. The van der Waals surface area contributed by atoms with Crippen molar-refractivity contribution in [2.75, 3.05) is 10.8 Å². The van der Waals surface area contributed by atoms with Gasteiger partial charge in [0.1, 0.15) is 12.6 Å². The van der Waals surface area contributed by atoms with Gasteiger partial charge in [-0.1, -0.05) is 91.3 Å². The quantitative estimate of drug-likeness (QED) is 0.242. The number of rotatable bonds is 11. The van der Waals surface area contributed by atoms with Gasteiger partial charge in [-0.3, -0.25) is 13.9 Å². The largest absolute Gasteiger partial charge is 0.352 e. The predicted octanol–water partition coefficient (Wildman–Crippen LogP) is 7.06. The summed E-state index contributed by atoms with van der Waals surface area (Å²) in [6, 6.07) is 17.8. The fourth-order valence-electron chi connectivity index (χ4n) is 5.49. The number of halogens is 2. The van der Waals surface area contributed by atoms with Crippen LogP contribution in [0.5, 0.6) is 0 Å². The monoisotopic (exact) mass is 643 g/mol. The first kappa shape index (κ1) is 32.8. The molecule has 0 spiro atoms. The standard InChI is InChI=1S/C33H39Cl2N3O4S/c1-4-30(33(40)36-26-12-6-5-7-13-26)37(21-25-11-8-9-14-29(25)35)32(39)22-38(31-16-10-15-28(34)24(31)3)43(41,42)27-19-17-23(2)18-20-27/h8-11,14-20,26,30H,4-7,12-13,21-22H2,1-3H3,(H,36,40)/t30-/m0/s1. The molecule has 3 aromatic rings. The van der Waals surface area contributed by atoms with Crippen LogP contribution in [0.15, 0.2) is 71.6 Å². The van der Waals surface area contributed by atoms with E-state index >= 15 is 0 Å². The molecule has 7 nitrogen and oxygen atoms in total. The Bertz CT molecular complexity index is 1540. The van der Waals surface area contributed by atoms with Crippen molar-refractivity contribution in [2.45, 2.75) is 82.8 Å². The Kier molecular flexibility index (Phi) is 11.2. The van der Waals surface area contributed by atoms with Crippen LogP contribution in [0.3, 0.4) is 0 Å². The number of nitrogens with one attached hydrogen (secondary N) is 1. The van der Waals surface area contributed by atoms with E-state index in [4.69, 9.17) is 23.2 Å². The Labute approximate surface area is 265 Å². The Morgan fingerprint density at radius 3 is 2.21 bits per heavy atom. The fourth-order valence-corrected chi connectivity index (χ4v) is 7.33. The maximum absolute atomic E-state index is 14.3. The summed E-state index contributed by atoms with van der Waals surface area (Å²) in [4.78, 5) is 29.5. The van der Waals surface area contributed by atoms with Gasteiger partial charge in [-0.2, -0.15) is 0 Å². The molecule has 1 saturated carbocycles. The second kappa shape index (κ2) is 14.6. The van der Waals surface area contributed by atoms with E-state index in [1.807, 2.05) is 19.9 Å². The van der Waals surface area contributed by atoms with Gasteiger partial charge in [-0.25, -0.2) is 8.42 Å². The van der Waals surface area contributed by atoms with E-state index in [0.29, 0.717) is 33.3 Å². The lowest BCUT2D eigenvalue weighted by molar-refractivity contribution is -0.140. The number of aryl methyl sites for hydroxylation is 1. The summed E-state index contributed by atoms with van der Waals surface area (Å²) >= 11 is 12.9. The molecule has 0 saturated heterocycles. The molecule has 10 heteroatoms. The van der Waals surface area contributed by atoms with Gasteiger partial charge in [-0.15, -0.1) is 0 Å². The van der Waals surface area contributed by atoms with Crippen LogP contribution >= 0.6 is 23.2 Å². The Balaban J connectivity index is 1.75. The number of carbonyl (C=O) groups excluding carboxylic acids is 2. The van der Waals surface area contributed by atoms with Crippen molar-refractivity contribution in [2.24, 2.45) is 0 Å². The van der Waals surface area contributed by atoms with Crippen molar-refractivity contribution < 1.29 is 18.0 Å². The van der Waals surface area contributed by atoms with E-state index in [2.05, 4.69) is 5.32 Å². The van der Waals surface area contributed by atoms with Gasteiger partial charge in [0, 0.05) is 22.6 Å². The highest BCUT2D eigenvalue weighted by Gasteiger charge is 2.35. The molecule has 1 aliphatic rings. The van der Waals surface area contributed by atoms with Crippen LogP contribution in [-0.2, 0) is 26.2 Å². The van der Waals surface area contributed by atoms with E-state index in [1.54, 1.807) is 55.5 Å². The van der Waals surface area contributed by atoms with Crippen LogP contribution < -0.4 is 9.62 Å². The van der Waals surface area contributed by atoms with Gasteiger partial charge in [0.2, 0.25) is 11.8 Å². The molecule has 1 atom stereocenters. The summed E-state index contributed by atoms with van der Waals surface area (Å²) in [7, 11) is -4.19. The fraction of sp³-hybridized carbons (Fsp3) is 0.394. The lowest BCUT2D eigenvalue weighted by Gasteiger charge is -2.35. The molecule has 0 unspecified atom stereocenters. The molecule has 0 aromatic heterocycles. The molecule has 3 aromatic carbocycles. The SMILES string of the molecule is CC[C@@H](C(=O)NC1CCCCC1)N(Cc1ccccc1Cl)C(=O)CN(c1cccc(Cl)c1C)S(=O)(=O)c1ccc(C)cc1. The minimum Gasteiger partial charge on any atom is -0.352 e. The molecule has 0 radical (unpaired) electrons. The zero-order valence-electron chi connectivity index (χ0n) is 24.9. The normalized spacial score (nSPS) is 14.6. The van der Waals surface area contributed by atoms with Crippen molar-refractivity contribution >= 4 is 50.7 Å². The Hall–Kier alpha value is -3.07. The average Bonchev–Trinajstić information content (AvgIpc) is 2.99. The zero-order chi connectivity index (χ0) is 31.1. The number of amides is 2. The number of anilines is 1. The Morgan fingerprint density at radius 1 is 0.907 bits per heavy atom. The highest BCUT2D eigenvalue weighted by molar-refractivity contribution is 7.92. The van der Waals surface area contributed by atoms with E-state index in [-0.39, 0.29) is 23.4 Å². The molecule has 2 amide bonds. The molecule has 1 aliphatic carbocycles. The Morgan fingerprint density at radius 2 is 1.56 bits per heavy atom. The minimum absolute atomic E-state index is 0.0437. The summed E-state index contributed by atoms with van der Waals surface area (Å²) in [5.74, 6) is -0.776. The lowest BCUT2D eigenvalue weighted by Crippen LogP contribution is -2.54. The molecule has 0 heterocycles. The van der Waals surface area contributed by atoms with Crippen LogP contribution in [0, 0.1) is 13.8 Å². The first-order valence-electron chi connectivity index (χ1n) is 14.7. The van der Waals surface area contributed by atoms with Gasteiger partial charge >= 0.3 is 0 Å². The van der Waals surface area contributed by atoms with Gasteiger partial charge in [-0.05, 0) is 74.6 Å². The molecule has 0 bridgehead atoms. The van der Waals surface area contributed by atoms with E-state index in [9.17, 15) is 18.0 Å². The van der Waals surface area contributed by atoms with Crippen LogP contribution in [0.1, 0.15) is 62.1 Å². The number of benzene rings is 3. The summed E-state index contributed by atoms with van der Waals surface area (Å²) in [6.45, 7) is 4.94. The second-order valence-electron chi connectivity index (χ2n) is 11.1. The van der Waals surface area contributed by atoms with Crippen molar-refractivity contribution in [3.8, 4) is 0 Å². The molecular weight excluding hydrogens is 605 g/mol. The second-order valence-corrected chi connectivity index (χ2v) is 13.8. The highest BCUT2D eigenvalue weighted by atomic mass is 35.5. The summed E-state index contributed by atoms with van der Waals surface area (Å²) < 4.78 is 29.3. The van der Waals surface area contributed by atoms with Crippen molar-refractivity contribution in [1.29, 1.82) is 0 Å². The molecule has 1 fully saturated rings.